The molecule has 1 nitrogen and oxygen atoms in total. The van der Waals surface area contributed by atoms with Crippen LogP contribution >= 0.6 is 15.9 Å². The van der Waals surface area contributed by atoms with Crippen molar-refractivity contribution in [2.45, 2.75) is 212 Å². The van der Waals surface area contributed by atoms with E-state index in [0.29, 0.717) is 23.7 Å². The number of halogens is 1. The van der Waals surface area contributed by atoms with Crippen molar-refractivity contribution in [2.75, 3.05) is 0 Å². The van der Waals surface area contributed by atoms with Gasteiger partial charge in [0.2, 0.25) is 0 Å². The third-order valence-corrected chi connectivity index (χ3v) is 22.0. The maximum absolute atomic E-state index is 11.3. The van der Waals surface area contributed by atoms with Gasteiger partial charge in [-0.1, -0.05) is 225 Å². The zero-order chi connectivity index (χ0) is 59.3. The molecular formula is C83H96BrN. The van der Waals surface area contributed by atoms with E-state index in [1.165, 1.54) is 259 Å². The summed E-state index contributed by atoms with van der Waals surface area (Å²) in [5.74, 6) is 5.65. The summed E-state index contributed by atoms with van der Waals surface area (Å²) in [5.41, 5.74) is 6.58. The van der Waals surface area contributed by atoms with E-state index in [9.17, 15) is 5.26 Å². The molecule has 0 spiro atoms. The van der Waals surface area contributed by atoms with E-state index in [1.54, 1.807) is 0 Å². The predicted molar refractivity (Wildman–Crippen MR) is 381 cm³/mol. The molecule has 0 aliphatic rings. The Bertz CT molecular complexity index is 4270. The number of hydrogen-bond donors (Lipinski definition) is 0. The number of nitriles is 1. The minimum absolute atomic E-state index is 0.658. The second-order valence-corrected chi connectivity index (χ2v) is 31.2. The highest BCUT2D eigenvalue weighted by atomic mass is 79.9. The maximum atomic E-state index is 11.3. The summed E-state index contributed by atoms with van der Waals surface area (Å²) in [4.78, 5) is 0. The zero-order valence-corrected chi connectivity index (χ0v) is 55.6. The molecule has 0 saturated heterocycles. The number of aryl methyl sites for hydroxylation is 4. The van der Waals surface area contributed by atoms with Gasteiger partial charge in [-0.25, -0.2) is 0 Å². The van der Waals surface area contributed by atoms with Gasteiger partial charge in [-0.15, -0.1) is 0 Å². The van der Waals surface area contributed by atoms with E-state index in [4.69, 9.17) is 0 Å². The van der Waals surface area contributed by atoms with Gasteiger partial charge < -0.3 is 0 Å². The maximum Gasteiger partial charge on any atom is 0.0992 e. The lowest BCUT2D eigenvalue weighted by Crippen LogP contribution is -2.04. The highest BCUT2D eigenvalue weighted by Gasteiger charge is 2.33. The fourth-order valence-electron chi connectivity index (χ4n) is 16.8. The van der Waals surface area contributed by atoms with Crippen LogP contribution < -0.4 is 0 Å². The SMILES string of the molecule is CC(C)CCCC(C)CCc1cc2c3cc(Br)cc4c5cc(CCC(C)CCCC(C)C)cc6c7cc(CCC(C)CCCC(C)C)cc8c9cc(C#N)cc%10c%11cc(CCC(C)CCCC(C)C)cc%12c(c1)c2c1c(c34)c(c56)c(c87)c(c%109)c1c%11%12. The smallest absolute Gasteiger partial charge is 0.0992 e. The van der Waals surface area contributed by atoms with Crippen molar-refractivity contribution in [3.05, 3.63) is 105 Å². The van der Waals surface area contributed by atoms with Gasteiger partial charge in [0.25, 0.3) is 0 Å². The summed E-state index contributed by atoms with van der Waals surface area (Å²) >= 11 is 4.26. The molecule has 13 rings (SSSR count). The van der Waals surface area contributed by atoms with Gasteiger partial charge in [0.05, 0.1) is 11.6 Å². The zero-order valence-electron chi connectivity index (χ0n) is 54.0. The Labute approximate surface area is 517 Å². The average Bonchev–Trinajstić information content (AvgIpc) is 0.661. The van der Waals surface area contributed by atoms with Crippen molar-refractivity contribution < 1.29 is 0 Å². The van der Waals surface area contributed by atoms with Crippen molar-refractivity contribution in [1.82, 2.24) is 0 Å². The lowest BCUT2D eigenvalue weighted by Gasteiger charge is -2.30. The molecule has 0 fully saturated rings. The van der Waals surface area contributed by atoms with Crippen molar-refractivity contribution in [3.8, 4) is 6.07 Å². The summed E-state index contributed by atoms with van der Waals surface area (Å²) in [6, 6.07) is 33.6. The highest BCUT2D eigenvalue weighted by Crippen LogP contribution is 2.61. The van der Waals surface area contributed by atoms with Gasteiger partial charge >= 0.3 is 0 Å². The average molecular weight is 1190 g/mol. The van der Waals surface area contributed by atoms with E-state index in [0.717, 1.165) is 54.9 Å². The third kappa shape index (κ3) is 10.6. The molecule has 2 heteroatoms. The molecule has 0 amide bonds. The van der Waals surface area contributed by atoms with Gasteiger partial charge in [-0.3, -0.25) is 0 Å². The molecule has 0 aliphatic carbocycles. The van der Waals surface area contributed by atoms with Crippen molar-refractivity contribution >= 4 is 145 Å². The molecule has 0 aliphatic heterocycles. The highest BCUT2D eigenvalue weighted by molar-refractivity contribution is 9.10. The first-order valence-electron chi connectivity index (χ1n) is 34.3. The van der Waals surface area contributed by atoms with Crippen LogP contribution in [0.3, 0.4) is 0 Å². The van der Waals surface area contributed by atoms with Crippen LogP contribution in [-0.2, 0) is 25.7 Å². The third-order valence-electron chi connectivity index (χ3n) is 21.5. The summed E-state index contributed by atoms with van der Waals surface area (Å²) in [6.45, 7) is 29.0. The van der Waals surface area contributed by atoms with Gasteiger partial charge in [0, 0.05) is 4.47 Å². The summed E-state index contributed by atoms with van der Waals surface area (Å²) in [6.07, 6.45) is 24.6. The predicted octanol–water partition coefficient (Wildman–Crippen LogP) is 26.4. The monoisotopic (exact) mass is 1190 g/mol. The van der Waals surface area contributed by atoms with E-state index in [-0.39, 0.29) is 0 Å². The Kier molecular flexibility index (Phi) is 16.2. The van der Waals surface area contributed by atoms with Crippen LogP contribution in [0.1, 0.15) is 214 Å². The second-order valence-electron chi connectivity index (χ2n) is 30.3. The largest absolute Gasteiger partial charge is 0.192 e. The molecule has 0 radical (unpaired) electrons. The fourth-order valence-corrected chi connectivity index (χ4v) is 17.3. The molecule has 13 aromatic rings. The van der Waals surface area contributed by atoms with Crippen molar-refractivity contribution in [2.24, 2.45) is 47.3 Å². The van der Waals surface area contributed by atoms with E-state index in [1.807, 2.05) is 0 Å². The van der Waals surface area contributed by atoms with E-state index in [2.05, 4.69) is 178 Å². The molecule has 0 bridgehead atoms. The molecule has 0 N–H and O–H groups in total. The molecule has 440 valence electrons. The van der Waals surface area contributed by atoms with Crippen LogP contribution in [0.5, 0.6) is 0 Å². The van der Waals surface area contributed by atoms with Crippen LogP contribution in [0.25, 0.3) is 129 Å². The van der Waals surface area contributed by atoms with E-state index >= 15 is 0 Å². The minimum atomic E-state index is 0.658. The van der Waals surface area contributed by atoms with E-state index < -0.39 is 0 Å². The molecule has 13 aromatic carbocycles. The van der Waals surface area contributed by atoms with Crippen molar-refractivity contribution in [3.63, 3.8) is 0 Å². The molecule has 4 unspecified atom stereocenters. The Morgan fingerprint density at radius 2 is 0.471 bits per heavy atom. The Hall–Kier alpha value is -5.49. The number of benzene rings is 13. The minimum Gasteiger partial charge on any atom is -0.192 e. The summed E-state index contributed by atoms with van der Waals surface area (Å²) in [5, 5.41) is 45.1. The first-order valence-corrected chi connectivity index (χ1v) is 35.1. The standard InChI is InChI=1S/C83H96BrN/c1-46(2)17-13-21-50(9)25-29-54-33-60-62-35-56(31-27-52(11)23-15-19-48(5)6)39-66-70-43-59(84)44-71-67-40-57(32-28-53(12)24-16-20-49(7)8)36-63-61-34-55(30-26-51(10)22-14-18-47(3)4)38-65-69-42-58(45-85)41-68-64(37-54)72(60)78-80(74(62)66)83(77(70)71)81(75(63)67)79(73(61)65)82(78)76(68)69/h33-44,46-53H,13-32H2,1-12H3. The molecule has 0 heterocycles. The summed E-state index contributed by atoms with van der Waals surface area (Å²) < 4.78 is 1.17. The van der Waals surface area contributed by atoms with Crippen molar-refractivity contribution in [1.29, 1.82) is 5.26 Å². The fraction of sp³-hybridized carbons (Fsp3) is 0.482. The van der Waals surface area contributed by atoms with Gasteiger partial charge in [-0.05, 0) is 274 Å². The van der Waals surface area contributed by atoms with Crippen LogP contribution in [0.4, 0.5) is 0 Å². The Balaban J connectivity index is 1.15. The molecule has 4 atom stereocenters. The molecule has 0 saturated carbocycles. The number of rotatable bonds is 28. The topological polar surface area (TPSA) is 23.8 Å². The van der Waals surface area contributed by atoms with Gasteiger partial charge in [0.15, 0.2) is 0 Å². The molecule has 85 heavy (non-hydrogen) atoms. The quantitative estimate of drug-likeness (QED) is 0.0354. The van der Waals surface area contributed by atoms with Crippen LogP contribution in [0.15, 0.2) is 77.3 Å². The van der Waals surface area contributed by atoms with Gasteiger partial charge in [0.1, 0.15) is 0 Å². The normalized spacial score (nSPS) is 14.6. The number of fused-ring (bicyclic) bond motifs is 6. The molecule has 0 aromatic heterocycles. The molecular weight excluding hydrogens is 1090 g/mol. The lowest BCUT2D eigenvalue weighted by atomic mass is 9.72. The van der Waals surface area contributed by atoms with Crippen LogP contribution in [-0.4, -0.2) is 0 Å². The summed E-state index contributed by atoms with van der Waals surface area (Å²) in [7, 11) is 0. The number of nitrogens with zero attached hydrogens (tertiary/aromatic N) is 1. The first-order chi connectivity index (χ1) is 41.0. The number of hydrogen-bond acceptors (Lipinski definition) is 1. The second kappa shape index (κ2) is 23.6. The van der Waals surface area contributed by atoms with Crippen LogP contribution in [0, 0.1) is 58.7 Å². The first kappa shape index (κ1) is 58.5. The van der Waals surface area contributed by atoms with Crippen LogP contribution in [0.2, 0.25) is 0 Å². The lowest BCUT2D eigenvalue weighted by molar-refractivity contribution is 0.437. The van der Waals surface area contributed by atoms with Gasteiger partial charge in [-0.2, -0.15) is 5.26 Å². The Morgan fingerprint density at radius 1 is 0.271 bits per heavy atom. The Morgan fingerprint density at radius 3 is 0.671 bits per heavy atom.